The van der Waals surface area contributed by atoms with Crippen molar-refractivity contribution in [3.63, 3.8) is 0 Å². The van der Waals surface area contributed by atoms with E-state index in [0.717, 1.165) is 21.3 Å². The van der Waals surface area contributed by atoms with Crippen LogP contribution in [0.25, 0.3) is 0 Å². The fourth-order valence-electron chi connectivity index (χ4n) is 2.44. The Bertz CT molecular complexity index is 836. The first-order valence-corrected chi connectivity index (χ1v) is 10.4. The normalized spacial score (nSPS) is 17.0. The molecule has 0 radical (unpaired) electrons. The molecule has 1 fully saturated rings. The molecule has 2 rings (SSSR count). The summed E-state index contributed by atoms with van der Waals surface area (Å²) in [5.41, 5.74) is -5.86. The minimum atomic E-state index is -4.84. The summed E-state index contributed by atoms with van der Waals surface area (Å²) in [6.45, 7) is -0.851. The van der Waals surface area contributed by atoms with Crippen molar-refractivity contribution in [3.05, 3.63) is 28.8 Å². The second kappa shape index (κ2) is 8.28. The van der Waals surface area contributed by atoms with Gasteiger partial charge < -0.3 is 4.90 Å². The summed E-state index contributed by atoms with van der Waals surface area (Å²) in [5.74, 6) is -1.63. The molecule has 1 aliphatic heterocycles. The number of halogens is 7. The number of thioether (sulfide) groups is 1. The number of sulfonamides is 1. The van der Waals surface area contributed by atoms with Gasteiger partial charge in [0.05, 0.1) is 21.2 Å². The smallest absolute Gasteiger partial charge is 0.339 e. The predicted molar refractivity (Wildman–Crippen MR) is 90.3 cm³/mol. The Morgan fingerprint density at radius 1 is 1.07 bits per heavy atom. The van der Waals surface area contributed by atoms with E-state index in [-0.39, 0.29) is 26.2 Å². The van der Waals surface area contributed by atoms with Crippen molar-refractivity contribution < 1.29 is 39.6 Å². The molecule has 14 heteroatoms. The van der Waals surface area contributed by atoms with Crippen LogP contribution >= 0.6 is 23.4 Å². The summed E-state index contributed by atoms with van der Waals surface area (Å²) < 4.78 is 101. The molecule has 0 spiro atoms. The zero-order valence-corrected chi connectivity index (χ0v) is 16.2. The van der Waals surface area contributed by atoms with E-state index in [0.29, 0.717) is 6.07 Å². The highest BCUT2D eigenvalue weighted by atomic mass is 35.5. The fraction of sp³-hybridized carbons (Fsp3) is 0.500. The van der Waals surface area contributed by atoms with Crippen LogP contribution in [0.3, 0.4) is 0 Å². The van der Waals surface area contributed by atoms with Crippen LogP contribution in [0.15, 0.2) is 23.1 Å². The lowest BCUT2D eigenvalue weighted by atomic mass is 10.2. The minimum absolute atomic E-state index is 0.170. The fourth-order valence-corrected chi connectivity index (χ4v) is 4.59. The Morgan fingerprint density at radius 3 is 2.14 bits per heavy atom. The third-order valence-corrected chi connectivity index (χ3v) is 6.77. The van der Waals surface area contributed by atoms with Crippen LogP contribution in [0.4, 0.5) is 26.3 Å². The third-order valence-electron chi connectivity index (χ3n) is 3.83. The van der Waals surface area contributed by atoms with Crippen molar-refractivity contribution in [2.24, 2.45) is 0 Å². The van der Waals surface area contributed by atoms with E-state index in [4.69, 9.17) is 11.6 Å². The maximum atomic E-state index is 12.9. The van der Waals surface area contributed by atoms with Gasteiger partial charge in [-0.15, -0.1) is 0 Å². The molecule has 0 saturated carbocycles. The zero-order valence-electron chi connectivity index (χ0n) is 13.8. The van der Waals surface area contributed by atoms with Gasteiger partial charge >= 0.3 is 11.7 Å². The number of hydrogen-bond donors (Lipinski definition) is 0. The number of benzene rings is 1. The molecule has 0 bridgehead atoms. The van der Waals surface area contributed by atoms with Crippen LogP contribution in [0.1, 0.15) is 5.56 Å². The van der Waals surface area contributed by atoms with Crippen LogP contribution in [0, 0.1) is 0 Å². The predicted octanol–water partition coefficient (Wildman–Crippen LogP) is 3.44. The summed E-state index contributed by atoms with van der Waals surface area (Å²) in [5, 5.41) is -0.649. The van der Waals surface area contributed by atoms with Gasteiger partial charge in [0.2, 0.25) is 15.9 Å². The van der Waals surface area contributed by atoms with Gasteiger partial charge in [-0.1, -0.05) is 11.6 Å². The highest BCUT2D eigenvalue weighted by Crippen LogP contribution is 2.36. The molecule has 1 saturated heterocycles. The maximum absolute atomic E-state index is 12.9. The maximum Gasteiger partial charge on any atom is 0.442 e. The van der Waals surface area contributed by atoms with E-state index in [2.05, 4.69) is 0 Å². The summed E-state index contributed by atoms with van der Waals surface area (Å²) in [4.78, 5) is 12.2. The number of hydrogen-bond acceptors (Lipinski definition) is 4. The van der Waals surface area contributed by atoms with Crippen molar-refractivity contribution in [1.82, 2.24) is 9.21 Å². The van der Waals surface area contributed by atoms with Gasteiger partial charge in [0, 0.05) is 26.2 Å². The largest absolute Gasteiger partial charge is 0.442 e. The van der Waals surface area contributed by atoms with E-state index in [1.165, 1.54) is 0 Å². The van der Waals surface area contributed by atoms with Crippen LogP contribution < -0.4 is 0 Å². The SMILES string of the molecule is O=C(CSC(F)(F)F)N1CCN(S(=O)(=O)c2ccc(Cl)c(C(F)(F)F)c2)CC1. The van der Waals surface area contributed by atoms with E-state index >= 15 is 0 Å². The Kier molecular flexibility index (Phi) is 6.83. The summed E-state index contributed by atoms with van der Waals surface area (Å²) >= 11 is 4.98. The number of carbonyl (C=O) groups excluding carboxylic acids is 1. The molecule has 0 atom stereocenters. The standard InChI is InChI=1S/C14H13ClF6N2O3S2/c15-11-2-1-9(7-10(11)13(16,17)18)28(25,26)23-5-3-22(4-6-23)12(24)8-27-14(19,20)21/h1-2,7H,3-6,8H2. The van der Waals surface area contributed by atoms with Gasteiger partial charge in [-0.3, -0.25) is 4.79 Å². The lowest BCUT2D eigenvalue weighted by Gasteiger charge is -2.34. The quantitative estimate of drug-likeness (QED) is 0.633. The summed E-state index contributed by atoms with van der Waals surface area (Å²) in [7, 11) is -4.29. The van der Waals surface area contributed by atoms with E-state index in [1.807, 2.05) is 0 Å². The molecule has 0 unspecified atom stereocenters. The number of nitrogens with zero attached hydrogens (tertiary/aromatic N) is 2. The van der Waals surface area contributed by atoms with Gasteiger partial charge in [0.25, 0.3) is 0 Å². The van der Waals surface area contributed by atoms with Crippen molar-refractivity contribution in [2.75, 3.05) is 31.9 Å². The van der Waals surface area contributed by atoms with E-state index in [9.17, 15) is 39.6 Å². The number of amides is 1. The molecule has 28 heavy (non-hydrogen) atoms. The van der Waals surface area contributed by atoms with Crippen LogP contribution in [0.5, 0.6) is 0 Å². The van der Waals surface area contributed by atoms with Crippen molar-refractivity contribution in [2.45, 2.75) is 16.6 Å². The molecule has 1 amide bonds. The van der Waals surface area contributed by atoms with Gasteiger partial charge in [-0.25, -0.2) is 8.42 Å². The minimum Gasteiger partial charge on any atom is -0.339 e. The number of carbonyl (C=O) groups is 1. The molecule has 0 aromatic heterocycles. The first kappa shape index (κ1) is 23.1. The highest BCUT2D eigenvalue weighted by molar-refractivity contribution is 8.00. The Morgan fingerprint density at radius 2 is 1.64 bits per heavy atom. The Balaban J connectivity index is 2.08. The summed E-state index contributed by atoms with van der Waals surface area (Å²) in [6.07, 6.45) is -4.84. The molecular weight excluding hydrogens is 458 g/mol. The Labute approximate surface area is 165 Å². The number of rotatable bonds is 4. The van der Waals surface area contributed by atoms with Gasteiger partial charge in [0.1, 0.15) is 0 Å². The molecule has 0 N–H and O–H groups in total. The zero-order chi connectivity index (χ0) is 21.3. The van der Waals surface area contributed by atoms with E-state index in [1.54, 1.807) is 0 Å². The summed E-state index contributed by atoms with van der Waals surface area (Å²) in [6, 6.07) is 2.19. The average molecular weight is 471 g/mol. The molecule has 1 heterocycles. The van der Waals surface area contributed by atoms with Crippen molar-refractivity contribution in [1.29, 1.82) is 0 Å². The molecule has 0 aliphatic carbocycles. The van der Waals surface area contributed by atoms with Gasteiger partial charge in [-0.2, -0.15) is 30.6 Å². The van der Waals surface area contributed by atoms with Crippen LogP contribution in [-0.2, 0) is 21.0 Å². The number of alkyl halides is 6. The van der Waals surface area contributed by atoms with Crippen LogP contribution in [0.2, 0.25) is 5.02 Å². The van der Waals surface area contributed by atoms with Gasteiger partial charge in [-0.05, 0) is 30.0 Å². The molecular formula is C14H13ClF6N2O3S2. The molecule has 158 valence electrons. The molecule has 5 nitrogen and oxygen atoms in total. The first-order valence-electron chi connectivity index (χ1n) is 7.57. The first-order chi connectivity index (χ1) is 12.7. The number of piperazine rings is 1. The Hall–Kier alpha value is -1.18. The molecule has 1 aromatic rings. The monoisotopic (exact) mass is 470 g/mol. The van der Waals surface area contributed by atoms with Crippen LogP contribution in [-0.4, -0.2) is 61.0 Å². The molecule has 1 aliphatic rings. The van der Waals surface area contributed by atoms with Crippen molar-refractivity contribution in [3.8, 4) is 0 Å². The second-order valence-corrected chi connectivity index (χ2v) is 9.04. The average Bonchev–Trinajstić information content (AvgIpc) is 2.58. The third kappa shape index (κ3) is 5.67. The van der Waals surface area contributed by atoms with E-state index < -0.39 is 60.6 Å². The highest BCUT2D eigenvalue weighted by Gasteiger charge is 2.37. The lowest BCUT2D eigenvalue weighted by Crippen LogP contribution is -2.51. The lowest BCUT2D eigenvalue weighted by molar-refractivity contribution is -0.137. The second-order valence-electron chi connectivity index (χ2n) is 5.66. The topological polar surface area (TPSA) is 57.7 Å². The van der Waals surface area contributed by atoms with Crippen molar-refractivity contribution >= 4 is 39.3 Å². The molecule has 1 aromatic carbocycles. The van der Waals surface area contributed by atoms with Gasteiger partial charge in [0.15, 0.2) is 0 Å².